The van der Waals surface area contributed by atoms with Gasteiger partial charge in [-0.15, -0.1) is 6.42 Å². The molecule has 1 aromatic heterocycles. The maximum Gasteiger partial charge on any atom is 0.120 e. The standard InChI is InChI=1S/C18H19NO3/c1-2-15-4-3-5-17(10-15)22-14-18-12-19(7-9-21-18)11-16-6-8-20-13-16/h1,3-6,8,10,13,18H,7,9,11-12,14H2. The van der Waals surface area contributed by atoms with Gasteiger partial charge in [-0.1, -0.05) is 12.0 Å². The van der Waals surface area contributed by atoms with Crippen molar-refractivity contribution in [2.45, 2.75) is 12.6 Å². The molecule has 22 heavy (non-hydrogen) atoms. The van der Waals surface area contributed by atoms with Crippen molar-refractivity contribution in [2.24, 2.45) is 0 Å². The average molecular weight is 297 g/mol. The molecule has 1 aromatic carbocycles. The second-order valence-electron chi connectivity index (χ2n) is 5.34. The van der Waals surface area contributed by atoms with Gasteiger partial charge in [0.1, 0.15) is 18.5 Å². The van der Waals surface area contributed by atoms with Crippen LogP contribution in [0.3, 0.4) is 0 Å². The Bertz CT molecular complexity index is 630. The summed E-state index contributed by atoms with van der Waals surface area (Å²) in [5.41, 5.74) is 2.01. The number of hydrogen-bond acceptors (Lipinski definition) is 4. The molecule has 0 aliphatic carbocycles. The molecule has 114 valence electrons. The largest absolute Gasteiger partial charge is 0.491 e. The highest BCUT2D eigenvalue weighted by Crippen LogP contribution is 2.15. The van der Waals surface area contributed by atoms with E-state index in [1.807, 2.05) is 30.3 Å². The number of rotatable bonds is 5. The van der Waals surface area contributed by atoms with Crippen molar-refractivity contribution in [1.29, 1.82) is 0 Å². The van der Waals surface area contributed by atoms with E-state index in [1.54, 1.807) is 12.5 Å². The second kappa shape index (κ2) is 7.17. The third kappa shape index (κ3) is 3.91. The fourth-order valence-electron chi connectivity index (χ4n) is 2.53. The van der Waals surface area contributed by atoms with Crippen LogP contribution >= 0.6 is 0 Å². The third-order valence-electron chi connectivity index (χ3n) is 3.65. The molecule has 1 atom stereocenters. The summed E-state index contributed by atoms with van der Waals surface area (Å²) in [6.07, 6.45) is 8.95. The van der Waals surface area contributed by atoms with Crippen molar-refractivity contribution >= 4 is 0 Å². The normalized spacial score (nSPS) is 18.8. The maximum absolute atomic E-state index is 5.81. The molecule has 0 saturated carbocycles. The molecule has 1 aliphatic rings. The van der Waals surface area contributed by atoms with E-state index in [-0.39, 0.29) is 6.10 Å². The van der Waals surface area contributed by atoms with Gasteiger partial charge in [-0.3, -0.25) is 4.90 Å². The molecular weight excluding hydrogens is 278 g/mol. The summed E-state index contributed by atoms with van der Waals surface area (Å²) in [6.45, 7) is 3.89. The van der Waals surface area contributed by atoms with Crippen LogP contribution in [0.5, 0.6) is 5.75 Å². The van der Waals surface area contributed by atoms with Crippen LogP contribution in [0, 0.1) is 12.3 Å². The van der Waals surface area contributed by atoms with Crippen LogP contribution in [0.25, 0.3) is 0 Å². The zero-order valence-electron chi connectivity index (χ0n) is 12.4. The van der Waals surface area contributed by atoms with Gasteiger partial charge in [0.15, 0.2) is 0 Å². The first kappa shape index (κ1) is 14.7. The highest BCUT2D eigenvalue weighted by Gasteiger charge is 2.21. The molecule has 2 aromatic rings. The molecule has 0 N–H and O–H groups in total. The minimum absolute atomic E-state index is 0.0649. The number of morpholine rings is 1. The highest BCUT2D eigenvalue weighted by molar-refractivity contribution is 5.38. The molecule has 0 radical (unpaired) electrons. The van der Waals surface area contributed by atoms with Gasteiger partial charge in [0, 0.05) is 30.8 Å². The molecule has 0 spiro atoms. The fraction of sp³-hybridized carbons (Fsp3) is 0.333. The van der Waals surface area contributed by atoms with E-state index in [1.165, 1.54) is 5.56 Å². The third-order valence-corrected chi connectivity index (χ3v) is 3.65. The SMILES string of the molecule is C#Cc1cccc(OCC2CN(Cc3ccoc3)CCO2)c1. The zero-order valence-corrected chi connectivity index (χ0v) is 12.4. The number of ether oxygens (including phenoxy) is 2. The molecule has 3 rings (SSSR count). The number of furan rings is 1. The Balaban J connectivity index is 1.51. The van der Waals surface area contributed by atoms with Crippen molar-refractivity contribution in [3.05, 3.63) is 54.0 Å². The predicted octanol–water partition coefficient (Wildman–Crippen LogP) is 2.54. The Hall–Kier alpha value is -2.22. The first-order valence-corrected chi connectivity index (χ1v) is 7.38. The second-order valence-corrected chi connectivity index (χ2v) is 5.34. The molecule has 0 bridgehead atoms. The number of terminal acetylenes is 1. The van der Waals surface area contributed by atoms with Crippen LogP contribution in [0.4, 0.5) is 0 Å². The Kier molecular flexibility index (Phi) is 4.79. The van der Waals surface area contributed by atoms with Crippen molar-refractivity contribution in [3.8, 4) is 18.1 Å². The van der Waals surface area contributed by atoms with Crippen LogP contribution in [-0.4, -0.2) is 37.3 Å². The predicted molar refractivity (Wildman–Crippen MR) is 83.6 cm³/mol. The summed E-state index contributed by atoms with van der Waals surface area (Å²) in [7, 11) is 0. The van der Waals surface area contributed by atoms with Gasteiger partial charge in [-0.05, 0) is 24.3 Å². The maximum atomic E-state index is 5.81. The van der Waals surface area contributed by atoms with E-state index in [0.29, 0.717) is 6.61 Å². The zero-order chi connectivity index (χ0) is 15.2. The van der Waals surface area contributed by atoms with E-state index in [9.17, 15) is 0 Å². The fourth-order valence-corrected chi connectivity index (χ4v) is 2.53. The molecular formula is C18H19NO3. The lowest BCUT2D eigenvalue weighted by atomic mass is 10.2. The molecule has 1 aliphatic heterocycles. The quantitative estimate of drug-likeness (QED) is 0.794. The smallest absolute Gasteiger partial charge is 0.120 e. The summed E-state index contributed by atoms with van der Waals surface area (Å²) in [6, 6.07) is 9.55. The van der Waals surface area contributed by atoms with Crippen molar-refractivity contribution in [3.63, 3.8) is 0 Å². The molecule has 4 heteroatoms. The molecule has 1 saturated heterocycles. The lowest BCUT2D eigenvalue weighted by Crippen LogP contribution is -2.44. The van der Waals surface area contributed by atoms with Crippen LogP contribution in [0.1, 0.15) is 11.1 Å². The molecule has 1 fully saturated rings. The van der Waals surface area contributed by atoms with Crippen LogP contribution < -0.4 is 4.74 Å². The van der Waals surface area contributed by atoms with E-state index in [0.717, 1.165) is 37.6 Å². The first-order chi connectivity index (χ1) is 10.8. The van der Waals surface area contributed by atoms with E-state index < -0.39 is 0 Å². The first-order valence-electron chi connectivity index (χ1n) is 7.38. The van der Waals surface area contributed by atoms with Gasteiger partial charge in [0.25, 0.3) is 0 Å². The van der Waals surface area contributed by atoms with Gasteiger partial charge in [-0.2, -0.15) is 0 Å². The summed E-state index contributed by atoms with van der Waals surface area (Å²) >= 11 is 0. The van der Waals surface area contributed by atoms with Gasteiger partial charge in [0.05, 0.1) is 19.1 Å². The van der Waals surface area contributed by atoms with Crippen molar-refractivity contribution in [2.75, 3.05) is 26.3 Å². The highest BCUT2D eigenvalue weighted by atomic mass is 16.5. The van der Waals surface area contributed by atoms with Gasteiger partial charge in [0.2, 0.25) is 0 Å². The average Bonchev–Trinajstić information content (AvgIpc) is 3.06. The van der Waals surface area contributed by atoms with E-state index in [4.69, 9.17) is 20.3 Å². The lowest BCUT2D eigenvalue weighted by Gasteiger charge is -2.32. The molecule has 0 amide bonds. The van der Waals surface area contributed by atoms with Crippen LogP contribution in [0.2, 0.25) is 0 Å². The van der Waals surface area contributed by atoms with Gasteiger partial charge < -0.3 is 13.9 Å². The summed E-state index contributed by atoms with van der Waals surface area (Å²) in [4.78, 5) is 2.35. The van der Waals surface area contributed by atoms with Crippen molar-refractivity contribution < 1.29 is 13.9 Å². The molecule has 1 unspecified atom stereocenters. The number of hydrogen-bond donors (Lipinski definition) is 0. The molecule has 4 nitrogen and oxygen atoms in total. The van der Waals surface area contributed by atoms with Gasteiger partial charge >= 0.3 is 0 Å². The lowest BCUT2D eigenvalue weighted by molar-refractivity contribution is -0.0504. The van der Waals surface area contributed by atoms with Crippen LogP contribution in [-0.2, 0) is 11.3 Å². The molecule has 2 heterocycles. The Labute approximate surface area is 130 Å². The van der Waals surface area contributed by atoms with E-state index in [2.05, 4.69) is 10.8 Å². The van der Waals surface area contributed by atoms with Crippen LogP contribution in [0.15, 0.2) is 47.3 Å². The van der Waals surface area contributed by atoms with E-state index >= 15 is 0 Å². The Morgan fingerprint density at radius 1 is 1.36 bits per heavy atom. The van der Waals surface area contributed by atoms with Crippen molar-refractivity contribution in [1.82, 2.24) is 4.90 Å². The topological polar surface area (TPSA) is 34.8 Å². The summed E-state index contributed by atoms with van der Waals surface area (Å²) in [5, 5.41) is 0. The Morgan fingerprint density at radius 3 is 3.14 bits per heavy atom. The minimum Gasteiger partial charge on any atom is -0.491 e. The minimum atomic E-state index is 0.0649. The number of benzene rings is 1. The monoisotopic (exact) mass is 297 g/mol. The van der Waals surface area contributed by atoms with Gasteiger partial charge in [-0.25, -0.2) is 0 Å². The summed E-state index contributed by atoms with van der Waals surface area (Å²) in [5.74, 6) is 3.39. The Morgan fingerprint density at radius 2 is 2.32 bits per heavy atom. The summed E-state index contributed by atoms with van der Waals surface area (Å²) < 4.78 is 16.7. The number of nitrogens with zero attached hydrogens (tertiary/aromatic N) is 1.